The van der Waals surface area contributed by atoms with Gasteiger partial charge in [0, 0.05) is 6.04 Å². The van der Waals surface area contributed by atoms with Gasteiger partial charge in [0.25, 0.3) is 11.8 Å². The molecule has 0 radical (unpaired) electrons. The Bertz CT molecular complexity index is 978. The van der Waals surface area contributed by atoms with Crippen LogP contribution in [-0.4, -0.2) is 62.3 Å². The molecule has 0 atom stereocenters. The van der Waals surface area contributed by atoms with Crippen LogP contribution in [-0.2, 0) is 23.8 Å². The molecule has 2 heterocycles. The molecule has 9 nitrogen and oxygen atoms in total. The highest BCUT2D eigenvalue weighted by Crippen LogP contribution is 2.38. The number of carbonyl (C=O) groups is 4. The first-order valence-electron chi connectivity index (χ1n) is 10.3. The van der Waals surface area contributed by atoms with Crippen molar-refractivity contribution in [3.8, 4) is 0 Å². The third-order valence-electron chi connectivity index (χ3n) is 5.99. The zero-order chi connectivity index (χ0) is 22.1. The molecule has 0 unspecified atom stereocenters. The zero-order valence-corrected chi connectivity index (χ0v) is 17.5. The summed E-state index contributed by atoms with van der Waals surface area (Å²) in [7, 11) is 2.40. The molecule has 2 aliphatic heterocycles. The van der Waals surface area contributed by atoms with Gasteiger partial charge >= 0.3 is 11.9 Å². The van der Waals surface area contributed by atoms with Crippen LogP contribution in [0, 0.1) is 0 Å². The van der Waals surface area contributed by atoms with E-state index in [9.17, 15) is 19.2 Å². The zero-order valence-electron chi connectivity index (χ0n) is 17.5. The molecule has 4 rings (SSSR count). The highest BCUT2D eigenvalue weighted by atomic mass is 16.5. The molecule has 0 bridgehead atoms. The van der Waals surface area contributed by atoms with Gasteiger partial charge < -0.3 is 19.1 Å². The third kappa shape index (κ3) is 3.48. The van der Waals surface area contributed by atoms with E-state index in [2.05, 4.69) is 0 Å². The van der Waals surface area contributed by atoms with Gasteiger partial charge in [0.2, 0.25) is 0 Å². The lowest BCUT2D eigenvalue weighted by molar-refractivity contribution is -0.140. The molecule has 1 aliphatic carbocycles. The number of imide groups is 1. The molecule has 0 spiro atoms. The van der Waals surface area contributed by atoms with Crippen molar-refractivity contribution in [3.63, 3.8) is 0 Å². The van der Waals surface area contributed by atoms with E-state index in [1.165, 1.54) is 24.0 Å². The van der Waals surface area contributed by atoms with E-state index in [4.69, 9.17) is 14.2 Å². The number of hydrogen-bond acceptors (Lipinski definition) is 8. The lowest BCUT2D eigenvalue weighted by Gasteiger charge is -2.32. The SMILES string of the molecule is COC(=O)C1=C(C(=O)OC)N(c2cccc3c2C(=O)N(C2CCCCC2)C3=O)COC1. The fourth-order valence-electron chi connectivity index (χ4n) is 4.52. The van der Waals surface area contributed by atoms with Crippen molar-refractivity contribution in [1.82, 2.24) is 4.90 Å². The van der Waals surface area contributed by atoms with E-state index in [-0.39, 0.29) is 47.7 Å². The highest BCUT2D eigenvalue weighted by Gasteiger charge is 2.44. The normalized spacial score (nSPS) is 19.5. The smallest absolute Gasteiger partial charge is 0.355 e. The third-order valence-corrected chi connectivity index (χ3v) is 5.99. The summed E-state index contributed by atoms with van der Waals surface area (Å²) in [5.74, 6) is -2.22. The predicted octanol–water partition coefficient (Wildman–Crippen LogP) is 2.01. The van der Waals surface area contributed by atoms with Gasteiger partial charge in [0.1, 0.15) is 12.4 Å². The molecule has 2 amide bonds. The number of ether oxygens (including phenoxy) is 3. The van der Waals surface area contributed by atoms with Gasteiger partial charge in [-0.2, -0.15) is 0 Å². The average molecular weight is 428 g/mol. The molecule has 1 aromatic rings. The molecule has 3 aliphatic rings. The number of esters is 2. The Morgan fingerprint density at radius 3 is 2.39 bits per heavy atom. The van der Waals surface area contributed by atoms with Crippen molar-refractivity contribution in [1.29, 1.82) is 0 Å². The minimum absolute atomic E-state index is 0.0147. The summed E-state index contributed by atoms with van der Waals surface area (Å²) in [4.78, 5) is 54.1. The van der Waals surface area contributed by atoms with Crippen LogP contribution in [0.15, 0.2) is 29.5 Å². The van der Waals surface area contributed by atoms with Crippen LogP contribution in [0.4, 0.5) is 5.69 Å². The average Bonchev–Trinajstić information content (AvgIpc) is 3.08. The molecule has 9 heteroatoms. The van der Waals surface area contributed by atoms with E-state index in [0.29, 0.717) is 5.69 Å². The van der Waals surface area contributed by atoms with Crippen molar-refractivity contribution in [2.75, 3.05) is 32.5 Å². The second-order valence-corrected chi connectivity index (χ2v) is 7.69. The molecule has 0 aromatic heterocycles. The maximum Gasteiger partial charge on any atom is 0.355 e. The van der Waals surface area contributed by atoms with Crippen LogP contribution in [0.1, 0.15) is 52.8 Å². The molecular weight excluding hydrogens is 404 g/mol. The first-order valence-corrected chi connectivity index (χ1v) is 10.3. The van der Waals surface area contributed by atoms with Crippen LogP contribution in [0.25, 0.3) is 0 Å². The molecule has 1 aromatic carbocycles. The van der Waals surface area contributed by atoms with E-state index in [1.54, 1.807) is 18.2 Å². The second-order valence-electron chi connectivity index (χ2n) is 7.69. The maximum absolute atomic E-state index is 13.4. The summed E-state index contributed by atoms with van der Waals surface area (Å²) in [5, 5.41) is 0. The van der Waals surface area contributed by atoms with Crippen molar-refractivity contribution in [3.05, 3.63) is 40.6 Å². The molecule has 31 heavy (non-hydrogen) atoms. The molecule has 1 fully saturated rings. The first-order chi connectivity index (χ1) is 15.0. The monoisotopic (exact) mass is 428 g/mol. The van der Waals surface area contributed by atoms with E-state index in [1.807, 2.05) is 0 Å². The quantitative estimate of drug-likeness (QED) is 0.530. The van der Waals surface area contributed by atoms with Gasteiger partial charge in [-0.1, -0.05) is 25.3 Å². The summed E-state index contributed by atoms with van der Waals surface area (Å²) in [5.41, 5.74) is 0.719. The number of anilines is 1. The Morgan fingerprint density at radius 2 is 1.71 bits per heavy atom. The second kappa shape index (κ2) is 8.50. The summed E-state index contributed by atoms with van der Waals surface area (Å²) >= 11 is 0. The number of carbonyl (C=O) groups excluding carboxylic acids is 4. The first kappa shape index (κ1) is 21.0. The van der Waals surface area contributed by atoms with Gasteiger partial charge in [0.05, 0.1) is 43.2 Å². The van der Waals surface area contributed by atoms with Crippen LogP contribution >= 0.6 is 0 Å². The fourth-order valence-corrected chi connectivity index (χ4v) is 4.52. The van der Waals surface area contributed by atoms with Gasteiger partial charge in [-0.3, -0.25) is 14.5 Å². The van der Waals surface area contributed by atoms with Gasteiger partial charge in [0.15, 0.2) is 0 Å². The van der Waals surface area contributed by atoms with Gasteiger partial charge in [-0.15, -0.1) is 0 Å². The van der Waals surface area contributed by atoms with Gasteiger partial charge in [-0.25, -0.2) is 9.59 Å². The summed E-state index contributed by atoms with van der Waals surface area (Å²) in [6.07, 6.45) is 4.62. The number of rotatable bonds is 4. The van der Waals surface area contributed by atoms with Crippen LogP contribution in [0.5, 0.6) is 0 Å². The molecule has 0 saturated heterocycles. The molecule has 164 valence electrons. The Balaban J connectivity index is 1.81. The Kier molecular flexibility index (Phi) is 5.77. The number of amides is 2. The van der Waals surface area contributed by atoms with Crippen LogP contribution < -0.4 is 4.90 Å². The Labute approximate surface area is 179 Å². The van der Waals surface area contributed by atoms with E-state index in [0.717, 1.165) is 32.1 Å². The largest absolute Gasteiger partial charge is 0.466 e. The van der Waals surface area contributed by atoms with Crippen LogP contribution in [0.3, 0.4) is 0 Å². The fraction of sp³-hybridized carbons (Fsp3) is 0.455. The molecular formula is C22H24N2O7. The Hall–Kier alpha value is -3.20. The Morgan fingerprint density at radius 1 is 1.00 bits per heavy atom. The van der Waals surface area contributed by atoms with Gasteiger partial charge in [-0.05, 0) is 25.0 Å². The summed E-state index contributed by atoms with van der Waals surface area (Å²) in [6, 6.07) is 4.74. The van der Waals surface area contributed by atoms with E-state index < -0.39 is 17.8 Å². The topological polar surface area (TPSA) is 102 Å². The number of benzene rings is 1. The minimum atomic E-state index is -0.762. The highest BCUT2D eigenvalue weighted by molar-refractivity contribution is 6.24. The van der Waals surface area contributed by atoms with Crippen LogP contribution in [0.2, 0.25) is 0 Å². The predicted molar refractivity (Wildman–Crippen MR) is 108 cm³/mol. The number of fused-ring (bicyclic) bond motifs is 1. The summed E-state index contributed by atoms with van der Waals surface area (Å²) in [6.45, 7) is -0.226. The minimum Gasteiger partial charge on any atom is -0.466 e. The number of hydrogen-bond donors (Lipinski definition) is 0. The van der Waals surface area contributed by atoms with Crippen molar-refractivity contribution >= 4 is 29.4 Å². The van der Waals surface area contributed by atoms with Crippen molar-refractivity contribution in [2.45, 2.75) is 38.1 Å². The molecule has 0 N–H and O–H groups in total. The van der Waals surface area contributed by atoms with Crippen molar-refractivity contribution in [2.24, 2.45) is 0 Å². The lowest BCUT2D eigenvalue weighted by Crippen LogP contribution is -2.41. The van der Waals surface area contributed by atoms with Crippen molar-refractivity contribution < 1.29 is 33.4 Å². The standard InChI is InChI=1S/C22H24N2O7/c1-29-21(27)15-11-31-12-23(18(15)22(28)30-2)16-10-6-9-14-17(16)20(26)24(19(14)25)13-7-4-3-5-8-13/h6,9-10,13H,3-5,7-8,11-12H2,1-2H3. The lowest BCUT2D eigenvalue weighted by atomic mass is 9.94. The summed E-state index contributed by atoms with van der Waals surface area (Å²) < 4.78 is 15.2. The van der Waals surface area contributed by atoms with E-state index >= 15 is 0 Å². The maximum atomic E-state index is 13.4. The number of nitrogens with zero attached hydrogens (tertiary/aromatic N) is 2. The number of methoxy groups -OCH3 is 2. The molecule has 1 saturated carbocycles.